The highest BCUT2D eigenvalue weighted by atomic mass is 35.5. The molecule has 1 fully saturated rings. The van der Waals surface area contributed by atoms with Crippen LogP contribution in [-0.4, -0.2) is 43.1 Å². The molecule has 1 N–H and O–H groups in total. The van der Waals surface area contributed by atoms with Gasteiger partial charge in [0.2, 0.25) is 5.91 Å². The average molecular weight is 355 g/mol. The van der Waals surface area contributed by atoms with Gasteiger partial charge in [0.25, 0.3) is 0 Å². The van der Waals surface area contributed by atoms with Crippen molar-refractivity contribution in [1.29, 1.82) is 0 Å². The minimum Gasteiger partial charge on any atom is -0.494 e. The Balaban J connectivity index is 0.00000288. The molecule has 0 atom stereocenters. The number of piperidine rings is 1. The maximum Gasteiger partial charge on any atom is 0.222 e. The number of hydrogen-bond acceptors (Lipinski definition) is 3. The van der Waals surface area contributed by atoms with Crippen LogP contribution in [0.15, 0.2) is 24.3 Å². The summed E-state index contributed by atoms with van der Waals surface area (Å²) < 4.78 is 5.74. The van der Waals surface area contributed by atoms with Gasteiger partial charge in [0, 0.05) is 19.0 Å². The molecule has 0 radical (unpaired) electrons. The van der Waals surface area contributed by atoms with E-state index < -0.39 is 0 Å². The Morgan fingerprint density at radius 1 is 1.33 bits per heavy atom. The number of rotatable bonds is 8. The fourth-order valence-electron chi connectivity index (χ4n) is 3.13. The first-order valence-corrected chi connectivity index (χ1v) is 8.90. The number of aryl methyl sites for hydroxylation is 1. The van der Waals surface area contributed by atoms with Crippen LogP contribution in [0.25, 0.3) is 0 Å². The van der Waals surface area contributed by atoms with Crippen molar-refractivity contribution < 1.29 is 9.53 Å². The maximum atomic E-state index is 12.5. The minimum absolute atomic E-state index is 0. The third-order valence-electron chi connectivity index (χ3n) is 4.33. The molecular weight excluding hydrogens is 324 g/mol. The molecule has 1 aromatic carbocycles. The second-order valence-electron chi connectivity index (χ2n) is 6.34. The van der Waals surface area contributed by atoms with E-state index in [1.807, 2.05) is 18.2 Å². The van der Waals surface area contributed by atoms with Crippen LogP contribution < -0.4 is 10.1 Å². The second kappa shape index (κ2) is 11.3. The molecule has 1 saturated heterocycles. The van der Waals surface area contributed by atoms with Gasteiger partial charge in [-0.15, -0.1) is 12.4 Å². The predicted octanol–water partition coefficient (Wildman–Crippen LogP) is 3.57. The summed E-state index contributed by atoms with van der Waals surface area (Å²) in [4.78, 5) is 14.7. The number of amides is 1. The van der Waals surface area contributed by atoms with E-state index in [-0.39, 0.29) is 18.3 Å². The molecule has 5 heteroatoms. The minimum atomic E-state index is 0. The Labute approximate surface area is 152 Å². The molecule has 0 bridgehead atoms. The van der Waals surface area contributed by atoms with Crippen molar-refractivity contribution in [3.8, 4) is 5.75 Å². The van der Waals surface area contributed by atoms with E-state index >= 15 is 0 Å². The van der Waals surface area contributed by atoms with Crippen molar-refractivity contribution in [2.45, 2.75) is 52.0 Å². The first-order chi connectivity index (χ1) is 11.2. The van der Waals surface area contributed by atoms with Gasteiger partial charge in [0.1, 0.15) is 5.75 Å². The lowest BCUT2D eigenvalue weighted by Gasteiger charge is -2.34. The molecule has 1 heterocycles. The quantitative estimate of drug-likeness (QED) is 0.726. The fourth-order valence-corrected chi connectivity index (χ4v) is 3.13. The highest BCUT2D eigenvalue weighted by Crippen LogP contribution is 2.16. The fraction of sp³-hybridized carbons (Fsp3) is 0.632. The van der Waals surface area contributed by atoms with Gasteiger partial charge in [-0.25, -0.2) is 0 Å². The van der Waals surface area contributed by atoms with Crippen molar-refractivity contribution in [3.05, 3.63) is 29.8 Å². The van der Waals surface area contributed by atoms with E-state index in [0.29, 0.717) is 19.1 Å². The van der Waals surface area contributed by atoms with Crippen molar-refractivity contribution >= 4 is 18.3 Å². The third-order valence-corrected chi connectivity index (χ3v) is 4.33. The van der Waals surface area contributed by atoms with Gasteiger partial charge >= 0.3 is 0 Å². The highest BCUT2D eigenvalue weighted by molar-refractivity contribution is 5.85. The smallest absolute Gasteiger partial charge is 0.222 e. The van der Waals surface area contributed by atoms with Crippen LogP contribution >= 0.6 is 12.4 Å². The number of halogens is 1. The highest BCUT2D eigenvalue weighted by Gasteiger charge is 2.24. The van der Waals surface area contributed by atoms with Crippen LogP contribution in [-0.2, 0) is 4.79 Å². The standard InChI is InChI=1S/C19H30N2O2.ClH/c1-3-13-21(17-9-11-20-12-10-17)19(22)8-5-14-23-18-7-4-6-16(2)15-18;/h4,6-7,15,17,20H,3,5,8-14H2,1-2H3;1H. The van der Waals surface area contributed by atoms with E-state index in [0.717, 1.165) is 51.1 Å². The Kier molecular flexibility index (Phi) is 9.80. The van der Waals surface area contributed by atoms with Crippen LogP contribution in [0.3, 0.4) is 0 Å². The van der Waals surface area contributed by atoms with Gasteiger partial charge in [-0.05, 0) is 63.4 Å². The Hall–Kier alpha value is -1.26. The summed E-state index contributed by atoms with van der Waals surface area (Å²) in [5.41, 5.74) is 1.19. The molecule has 136 valence electrons. The molecule has 0 aliphatic carbocycles. The van der Waals surface area contributed by atoms with Crippen molar-refractivity contribution in [2.75, 3.05) is 26.2 Å². The molecule has 1 amide bonds. The number of carbonyl (C=O) groups excluding carboxylic acids is 1. The topological polar surface area (TPSA) is 41.6 Å². The molecular formula is C19H31ClN2O2. The summed E-state index contributed by atoms with van der Waals surface area (Å²) in [6.07, 6.45) is 4.53. The van der Waals surface area contributed by atoms with Crippen LogP contribution in [0, 0.1) is 6.92 Å². The SMILES string of the molecule is CCCN(C(=O)CCCOc1cccc(C)c1)C1CCNCC1.Cl. The molecule has 1 aliphatic heterocycles. The lowest BCUT2D eigenvalue weighted by Crippen LogP contribution is -2.46. The van der Waals surface area contributed by atoms with Gasteiger partial charge in [-0.1, -0.05) is 19.1 Å². The molecule has 4 nitrogen and oxygen atoms in total. The number of nitrogens with zero attached hydrogens (tertiary/aromatic N) is 1. The van der Waals surface area contributed by atoms with Crippen molar-refractivity contribution in [1.82, 2.24) is 10.2 Å². The van der Waals surface area contributed by atoms with E-state index in [1.165, 1.54) is 5.56 Å². The second-order valence-corrected chi connectivity index (χ2v) is 6.34. The lowest BCUT2D eigenvalue weighted by molar-refractivity contribution is -0.134. The number of benzene rings is 1. The number of hydrogen-bond donors (Lipinski definition) is 1. The van der Waals surface area contributed by atoms with E-state index in [1.54, 1.807) is 0 Å². The zero-order valence-electron chi connectivity index (χ0n) is 14.9. The average Bonchev–Trinajstić information content (AvgIpc) is 2.57. The lowest BCUT2D eigenvalue weighted by atomic mass is 10.0. The monoisotopic (exact) mass is 354 g/mol. The Morgan fingerprint density at radius 2 is 2.08 bits per heavy atom. The van der Waals surface area contributed by atoms with Gasteiger partial charge < -0.3 is 15.0 Å². The van der Waals surface area contributed by atoms with Crippen molar-refractivity contribution in [3.63, 3.8) is 0 Å². The van der Waals surface area contributed by atoms with Gasteiger partial charge in [-0.2, -0.15) is 0 Å². The molecule has 0 saturated carbocycles. The summed E-state index contributed by atoms with van der Waals surface area (Å²) in [6.45, 7) is 7.72. The number of ether oxygens (including phenoxy) is 1. The Morgan fingerprint density at radius 3 is 2.75 bits per heavy atom. The largest absolute Gasteiger partial charge is 0.494 e. The third kappa shape index (κ3) is 6.70. The zero-order chi connectivity index (χ0) is 16.5. The van der Waals surface area contributed by atoms with Crippen LogP contribution in [0.5, 0.6) is 5.75 Å². The molecule has 0 spiro atoms. The van der Waals surface area contributed by atoms with Crippen LogP contribution in [0.1, 0.15) is 44.6 Å². The van der Waals surface area contributed by atoms with Gasteiger partial charge in [0.05, 0.1) is 6.61 Å². The number of nitrogens with one attached hydrogen (secondary N) is 1. The normalized spacial score (nSPS) is 14.8. The molecule has 24 heavy (non-hydrogen) atoms. The van der Waals surface area contributed by atoms with Gasteiger partial charge in [-0.3, -0.25) is 4.79 Å². The number of carbonyl (C=O) groups is 1. The van der Waals surface area contributed by atoms with Crippen molar-refractivity contribution in [2.24, 2.45) is 0 Å². The van der Waals surface area contributed by atoms with E-state index in [9.17, 15) is 4.79 Å². The Bertz CT molecular complexity index is 490. The maximum absolute atomic E-state index is 12.5. The molecule has 0 unspecified atom stereocenters. The summed E-state index contributed by atoms with van der Waals surface area (Å²) >= 11 is 0. The van der Waals surface area contributed by atoms with Gasteiger partial charge in [0.15, 0.2) is 0 Å². The first-order valence-electron chi connectivity index (χ1n) is 8.90. The molecule has 2 rings (SSSR count). The summed E-state index contributed by atoms with van der Waals surface area (Å²) in [5, 5.41) is 3.37. The van der Waals surface area contributed by atoms with E-state index in [4.69, 9.17) is 4.74 Å². The van der Waals surface area contributed by atoms with E-state index in [2.05, 4.69) is 30.1 Å². The molecule has 1 aromatic rings. The molecule has 0 aromatic heterocycles. The summed E-state index contributed by atoms with van der Waals surface area (Å²) in [6, 6.07) is 8.46. The first kappa shape index (κ1) is 20.8. The summed E-state index contributed by atoms with van der Waals surface area (Å²) in [7, 11) is 0. The van der Waals surface area contributed by atoms with Crippen LogP contribution in [0.4, 0.5) is 0 Å². The summed E-state index contributed by atoms with van der Waals surface area (Å²) in [5.74, 6) is 1.17. The zero-order valence-corrected chi connectivity index (χ0v) is 15.7. The molecule has 1 aliphatic rings. The predicted molar refractivity (Wildman–Crippen MR) is 101 cm³/mol. The van der Waals surface area contributed by atoms with Crippen LogP contribution in [0.2, 0.25) is 0 Å².